The third kappa shape index (κ3) is 5.94. The van der Waals surface area contributed by atoms with Crippen molar-refractivity contribution < 1.29 is 24.5 Å². The quantitative estimate of drug-likeness (QED) is 0.370. The number of aromatic carboxylic acids is 1. The summed E-state index contributed by atoms with van der Waals surface area (Å²) in [4.78, 5) is 30.9. The summed E-state index contributed by atoms with van der Waals surface area (Å²) in [6, 6.07) is 13.7. The maximum absolute atomic E-state index is 13.0. The predicted molar refractivity (Wildman–Crippen MR) is 133 cm³/mol. The molecule has 0 radical (unpaired) electrons. The first kappa shape index (κ1) is 24.6. The van der Waals surface area contributed by atoms with Crippen molar-refractivity contribution in [1.29, 1.82) is 0 Å². The standard InChI is InChI=1S/C26H30N4O5/c1-35-18-6-7-22-21(14-18)19(10-13-28-22)24(31)15-30(17-8-11-27-12-9-17)16-25(32)29-23-5-3-2-4-20(23)26(33)34/h2-7,10,13-14,17,24,27,31H,8-9,11-12,15-16H2,1H3,(H,29,32)(H,33,34)/t24-/m0/s1. The summed E-state index contributed by atoms with van der Waals surface area (Å²) >= 11 is 0. The molecule has 2 heterocycles. The summed E-state index contributed by atoms with van der Waals surface area (Å²) in [5.74, 6) is -0.761. The number of aliphatic hydroxyl groups is 1. The average Bonchev–Trinajstić information content (AvgIpc) is 2.88. The lowest BCUT2D eigenvalue weighted by Gasteiger charge is -2.35. The number of ether oxygens (including phenoxy) is 1. The number of methoxy groups -OCH3 is 1. The SMILES string of the molecule is COc1ccc2nccc([C@@H](O)CN(CC(=O)Nc3ccccc3C(=O)O)C3CCNCC3)c2c1. The number of aromatic nitrogens is 1. The highest BCUT2D eigenvalue weighted by atomic mass is 16.5. The molecule has 1 aliphatic rings. The summed E-state index contributed by atoms with van der Waals surface area (Å²) in [6.45, 7) is 1.93. The molecule has 184 valence electrons. The predicted octanol–water partition coefficient (Wildman–Crippen LogP) is 2.67. The highest BCUT2D eigenvalue weighted by Gasteiger charge is 2.27. The van der Waals surface area contributed by atoms with Gasteiger partial charge in [0.15, 0.2) is 0 Å². The van der Waals surface area contributed by atoms with E-state index in [2.05, 4.69) is 15.6 Å². The fourth-order valence-corrected chi connectivity index (χ4v) is 4.55. The van der Waals surface area contributed by atoms with Gasteiger partial charge in [-0.3, -0.25) is 14.7 Å². The van der Waals surface area contributed by atoms with Gasteiger partial charge in [-0.25, -0.2) is 4.79 Å². The van der Waals surface area contributed by atoms with E-state index in [0.717, 1.165) is 36.8 Å². The van der Waals surface area contributed by atoms with Crippen LogP contribution in [0.4, 0.5) is 5.69 Å². The second-order valence-electron chi connectivity index (χ2n) is 8.61. The molecule has 1 aliphatic heterocycles. The number of hydrogen-bond acceptors (Lipinski definition) is 7. The number of fused-ring (bicyclic) bond motifs is 1. The number of hydrogen-bond donors (Lipinski definition) is 4. The first-order chi connectivity index (χ1) is 17.0. The Balaban J connectivity index is 1.55. The summed E-state index contributed by atoms with van der Waals surface area (Å²) in [7, 11) is 1.59. The van der Waals surface area contributed by atoms with Crippen LogP contribution in [0.3, 0.4) is 0 Å². The Morgan fingerprint density at radius 1 is 1.20 bits per heavy atom. The van der Waals surface area contributed by atoms with E-state index in [1.165, 1.54) is 6.07 Å². The van der Waals surface area contributed by atoms with Crippen LogP contribution in [0.15, 0.2) is 54.7 Å². The zero-order valence-electron chi connectivity index (χ0n) is 19.6. The van der Waals surface area contributed by atoms with Gasteiger partial charge in [0.05, 0.1) is 36.5 Å². The van der Waals surface area contributed by atoms with Crippen LogP contribution in [0, 0.1) is 0 Å². The lowest BCUT2D eigenvalue weighted by Crippen LogP contribution is -2.47. The molecule has 4 N–H and O–H groups in total. The van der Waals surface area contributed by atoms with E-state index in [-0.39, 0.29) is 36.3 Å². The number of carbonyl (C=O) groups is 2. The Morgan fingerprint density at radius 2 is 1.97 bits per heavy atom. The van der Waals surface area contributed by atoms with Gasteiger partial charge in [0.2, 0.25) is 5.91 Å². The molecular formula is C26H30N4O5. The molecule has 1 atom stereocenters. The van der Waals surface area contributed by atoms with E-state index in [0.29, 0.717) is 11.3 Å². The van der Waals surface area contributed by atoms with E-state index in [9.17, 15) is 19.8 Å². The third-order valence-electron chi connectivity index (χ3n) is 6.35. The van der Waals surface area contributed by atoms with Gasteiger partial charge in [0, 0.05) is 24.2 Å². The van der Waals surface area contributed by atoms with E-state index in [1.54, 1.807) is 37.6 Å². The van der Waals surface area contributed by atoms with Crippen molar-refractivity contribution in [2.24, 2.45) is 0 Å². The highest BCUT2D eigenvalue weighted by Crippen LogP contribution is 2.28. The zero-order valence-corrected chi connectivity index (χ0v) is 19.6. The molecule has 9 heteroatoms. The number of carbonyl (C=O) groups excluding carboxylic acids is 1. The molecule has 35 heavy (non-hydrogen) atoms. The fourth-order valence-electron chi connectivity index (χ4n) is 4.55. The van der Waals surface area contributed by atoms with Crippen molar-refractivity contribution in [3.63, 3.8) is 0 Å². The topological polar surface area (TPSA) is 124 Å². The number of carboxylic acid groups (broad SMARTS) is 1. The van der Waals surface area contributed by atoms with Crippen LogP contribution in [0.1, 0.15) is 34.9 Å². The molecule has 1 fully saturated rings. The average molecular weight is 479 g/mol. The van der Waals surface area contributed by atoms with Crippen molar-refractivity contribution in [2.45, 2.75) is 25.0 Å². The summed E-state index contributed by atoms with van der Waals surface area (Å²) < 4.78 is 5.35. The zero-order chi connectivity index (χ0) is 24.8. The molecular weight excluding hydrogens is 448 g/mol. The minimum atomic E-state index is -1.11. The van der Waals surface area contributed by atoms with E-state index < -0.39 is 12.1 Å². The number of nitrogens with zero attached hydrogens (tertiary/aromatic N) is 2. The second kappa shape index (κ2) is 11.3. The van der Waals surface area contributed by atoms with Gasteiger partial charge in [0.25, 0.3) is 0 Å². The van der Waals surface area contributed by atoms with Crippen LogP contribution in [-0.2, 0) is 4.79 Å². The van der Waals surface area contributed by atoms with Crippen LogP contribution in [0.5, 0.6) is 5.75 Å². The molecule has 0 bridgehead atoms. The Kier molecular flexibility index (Phi) is 7.91. The maximum atomic E-state index is 13.0. The molecule has 0 aliphatic carbocycles. The summed E-state index contributed by atoms with van der Waals surface area (Å²) in [5, 5.41) is 27.5. The van der Waals surface area contributed by atoms with Gasteiger partial charge in [0.1, 0.15) is 5.75 Å². The number of para-hydroxylation sites is 1. The molecule has 1 aromatic heterocycles. The van der Waals surface area contributed by atoms with Crippen molar-refractivity contribution in [3.8, 4) is 5.75 Å². The number of pyridine rings is 1. The summed E-state index contributed by atoms with van der Waals surface area (Å²) in [5.41, 5.74) is 1.75. The van der Waals surface area contributed by atoms with Gasteiger partial charge in [-0.1, -0.05) is 12.1 Å². The first-order valence-corrected chi connectivity index (χ1v) is 11.6. The van der Waals surface area contributed by atoms with Gasteiger partial charge in [-0.15, -0.1) is 0 Å². The fraction of sp³-hybridized carbons (Fsp3) is 0.346. The van der Waals surface area contributed by atoms with Crippen LogP contribution in [-0.4, -0.2) is 71.3 Å². The molecule has 0 spiro atoms. The molecule has 1 saturated heterocycles. The Bertz CT molecular complexity index is 1200. The van der Waals surface area contributed by atoms with Crippen molar-refractivity contribution in [1.82, 2.24) is 15.2 Å². The maximum Gasteiger partial charge on any atom is 0.337 e. The Morgan fingerprint density at radius 3 is 2.71 bits per heavy atom. The molecule has 1 amide bonds. The lowest BCUT2D eigenvalue weighted by atomic mass is 10.0. The van der Waals surface area contributed by atoms with E-state index >= 15 is 0 Å². The van der Waals surface area contributed by atoms with Crippen LogP contribution < -0.4 is 15.4 Å². The highest BCUT2D eigenvalue weighted by molar-refractivity contribution is 6.01. The van der Waals surface area contributed by atoms with Crippen LogP contribution >= 0.6 is 0 Å². The normalized spacial score (nSPS) is 15.2. The van der Waals surface area contributed by atoms with Gasteiger partial charge < -0.3 is 25.6 Å². The number of amides is 1. The van der Waals surface area contributed by atoms with Gasteiger partial charge in [-0.05, 0) is 67.9 Å². The summed E-state index contributed by atoms with van der Waals surface area (Å²) in [6.07, 6.45) is 2.49. The number of benzene rings is 2. The van der Waals surface area contributed by atoms with E-state index in [4.69, 9.17) is 4.74 Å². The number of carboxylic acids is 1. The van der Waals surface area contributed by atoms with E-state index in [1.807, 2.05) is 23.1 Å². The van der Waals surface area contributed by atoms with Crippen molar-refractivity contribution in [2.75, 3.05) is 38.6 Å². The smallest absolute Gasteiger partial charge is 0.337 e. The minimum absolute atomic E-state index is 0.0298. The molecule has 4 rings (SSSR count). The minimum Gasteiger partial charge on any atom is -0.497 e. The Hall–Kier alpha value is -3.53. The van der Waals surface area contributed by atoms with Crippen LogP contribution in [0.2, 0.25) is 0 Å². The number of aliphatic hydroxyl groups excluding tert-OH is 1. The Labute approximate surface area is 203 Å². The lowest BCUT2D eigenvalue weighted by molar-refractivity contribution is -0.118. The number of nitrogens with one attached hydrogen (secondary N) is 2. The number of piperidine rings is 1. The van der Waals surface area contributed by atoms with Crippen LogP contribution in [0.25, 0.3) is 10.9 Å². The molecule has 9 nitrogen and oxygen atoms in total. The largest absolute Gasteiger partial charge is 0.497 e. The van der Waals surface area contributed by atoms with Gasteiger partial charge in [-0.2, -0.15) is 0 Å². The monoisotopic (exact) mass is 478 g/mol. The number of anilines is 1. The molecule has 2 aromatic carbocycles. The molecule has 3 aromatic rings. The molecule has 0 saturated carbocycles. The first-order valence-electron chi connectivity index (χ1n) is 11.6. The van der Waals surface area contributed by atoms with Crippen molar-refractivity contribution in [3.05, 3.63) is 65.9 Å². The van der Waals surface area contributed by atoms with Gasteiger partial charge >= 0.3 is 5.97 Å². The molecule has 0 unspecified atom stereocenters. The number of rotatable bonds is 9. The second-order valence-corrected chi connectivity index (χ2v) is 8.61. The van der Waals surface area contributed by atoms with Crippen molar-refractivity contribution >= 4 is 28.5 Å². The third-order valence-corrected chi connectivity index (χ3v) is 6.35.